The van der Waals surface area contributed by atoms with Crippen LogP contribution in [0.4, 0.5) is 0 Å². The highest BCUT2D eigenvalue weighted by atomic mass is 35.6. The smallest absolute Gasteiger partial charge is 0.102 e. The third kappa shape index (κ3) is 65.5. The summed E-state index contributed by atoms with van der Waals surface area (Å²) < 4.78 is -3.33. The molecule has 0 heterocycles. The second-order valence-electron chi connectivity index (χ2n) is 52.8. The van der Waals surface area contributed by atoms with Crippen molar-refractivity contribution in [1.29, 1.82) is 0 Å². The lowest BCUT2D eigenvalue weighted by Gasteiger charge is -2.34. The van der Waals surface area contributed by atoms with Gasteiger partial charge in [-0.2, -0.15) is 0 Å². The number of hydrogen-bond donors (Lipinski definition) is 0. The van der Waals surface area contributed by atoms with Gasteiger partial charge in [-0.05, 0) is 343 Å². The number of fused-ring (bicyclic) bond motifs is 6. The Morgan fingerprint density at radius 2 is 0.338 bits per heavy atom. The standard InChI is InChI=1S/C16H22.2C15H20.2C10H18.2C10H20.C9H16.4C5H10.6C3H6Cl2/c1-12-10-14-8-5-9-15(16(14)11-12)13-6-3-2-4-7-13;1-2-6-12(7-3-1)15-10-13-8-4-5-9-14(13)11-15;1-2-6-12(7-3-1)15-11-10-13-8-4-5-9-14(13)15;2*1-8-6-9-4-2-3-5-10(9)7-8;2*1-6-7(2)9(4)10(5)8(6)3;1-2-5-9-7-3-6-8(9)4-1;4*1-2-4-5-3-1;6*1-3(2,4)5/h2-4,6-7,12,14-16H,5,8-11H2,1H3;2*1-3,6-7,13-15H,4-5,8-11H2;2*8-10H,2-7H2,1H3;2*6-10H,1-5H3;8-9H,1-7H2;4*1-5H2;6*1-2H3. The predicted octanol–water partition coefficient (Wildman–Crippen LogP) is 50.1. The average molecular weight is 2250 g/mol. The maximum Gasteiger partial charge on any atom is 0.112 e. The highest BCUT2D eigenvalue weighted by molar-refractivity contribution is 6.49. The van der Waals surface area contributed by atoms with Crippen LogP contribution in [0.2, 0.25) is 0 Å². The predicted molar refractivity (Wildman–Crippen MR) is 662 cm³/mol. The fourth-order valence-electron chi connectivity index (χ4n) is 28.9. The molecule has 0 aromatic heterocycles. The van der Waals surface area contributed by atoms with Crippen molar-refractivity contribution in [1.82, 2.24) is 0 Å². The van der Waals surface area contributed by atoms with Crippen LogP contribution in [0.15, 0.2) is 91.0 Å². The molecule has 0 saturated heterocycles. The molecule has 21 rings (SSSR count). The number of halogens is 12. The molecule has 0 spiro atoms. The zero-order valence-electron chi connectivity index (χ0n) is 98.5. The summed E-state index contributed by atoms with van der Waals surface area (Å²) in [6, 6.07) is 33.6. The van der Waals surface area contributed by atoms with Crippen molar-refractivity contribution >= 4 is 139 Å². The maximum atomic E-state index is 5.30. The maximum absolute atomic E-state index is 5.30. The van der Waals surface area contributed by atoms with Crippen LogP contribution >= 0.6 is 139 Å². The summed E-state index contributed by atoms with van der Waals surface area (Å²) in [5.41, 5.74) is 4.80. The minimum absolute atomic E-state index is 0.556. The van der Waals surface area contributed by atoms with Crippen LogP contribution in [-0.4, -0.2) is 26.0 Å². The zero-order chi connectivity index (χ0) is 108. The molecule has 3 aromatic carbocycles. The summed E-state index contributed by atoms with van der Waals surface area (Å²) in [5.74, 6) is 28.2. The van der Waals surface area contributed by atoms with Crippen LogP contribution in [0.1, 0.15) is 567 Å². The first-order valence-corrected chi connectivity index (χ1v) is 66.0. The van der Waals surface area contributed by atoms with Crippen molar-refractivity contribution in [2.24, 2.45) is 148 Å². The normalized spacial score (nSPS) is 34.1. The van der Waals surface area contributed by atoms with E-state index in [0.717, 1.165) is 154 Å². The Kier molecular flexibility index (Phi) is 71.1. The summed E-state index contributed by atoms with van der Waals surface area (Å²) in [6.07, 6.45) is 84.5. The largest absolute Gasteiger partial charge is 0.112 e. The summed E-state index contributed by atoms with van der Waals surface area (Å²) in [5, 5.41) is 0. The molecule has 3 aromatic rings. The lowest BCUT2D eigenvalue weighted by Crippen LogP contribution is -2.22. The van der Waals surface area contributed by atoms with Gasteiger partial charge in [0.2, 0.25) is 0 Å². The Bertz CT molecular complexity index is 3150. The molecule has 15 atom stereocenters. The van der Waals surface area contributed by atoms with E-state index in [1.54, 1.807) is 177 Å². The molecule has 145 heavy (non-hydrogen) atoms. The van der Waals surface area contributed by atoms with E-state index in [1.165, 1.54) is 294 Å². The number of hydrogen-bond acceptors (Lipinski definition) is 0. The van der Waals surface area contributed by atoms with E-state index in [1.807, 2.05) is 0 Å². The summed E-state index contributed by atoms with van der Waals surface area (Å²) >= 11 is 63.5. The first kappa shape index (κ1) is 138. The summed E-state index contributed by atoms with van der Waals surface area (Å²) in [4.78, 5) is 0. The van der Waals surface area contributed by atoms with Crippen LogP contribution in [0, 0.1) is 148 Å². The lowest BCUT2D eigenvalue weighted by molar-refractivity contribution is 0.238. The molecule has 0 N–H and O–H groups in total. The van der Waals surface area contributed by atoms with Gasteiger partial charge in [0, 0.05) is 0 Å². The van der Waals surface area contributed by atoms with E-state index in [-0.39, 0.29) is 0 Å². The fraction of sp³-hybridized carbons (Fsp3) is 0.865. The van der Waals surface area contributed by atoms with Gasteiger partial charge in [0.1, 0.15) is 26.0 Å². The van der Waals surface area contributed by atoms with Crippen LogP contribution in [0.5, 0.6) is 0 Å². The molecule has 18 aliphatic rings. The van der Waals surface area contributed by atoms with Crippen LogP contribution < -0.4 is 0 Å². The van der Waals surface area contributed by atoms with E-state index in [4.69, 9.17) is 139 Å². The Hall–Kier alpha value is 1.14. The number of alkyl halides is 12. The van der Waals surface area contributed by atoms with Crippen molar-refractivity contribution in [3.63, 3.8) is 0 Å². The van der Waals surface area contributed by atoms with Gasteiger partial charge in [0.05, 0.1) is 0 Å². The van der Waals surface area contributed by atoms with Crippen LogP contribution in [0.3, 0.4) is 0 Å². The Balaban J connectivity index is 0.000000326. The third-order valence-electron chi connectivity index (χ3n) is 37.4. The molecular formula is C133H230Cl12. The second kappa shape index (κ2) is 74.5. The van der Waals surface area contributed by atoms with Crippen LogP contribution in [-0.2, 0) is 0 Å². The molecule has 12 heteroatoms. The van der Waals surface area contributed by atoms with Crippen LogP contribution in [0.25, 0.3) is 0 Å². The highest BCUT2D eigenvalue weighted by Crippen LogP contribution is 2.55. The van der Waals surface area contributed by atoms with E-state index in [9.17, 15) is 0 Å². The van der Waals surface area contributed by atoms with Crippen molar-refractivity contribution in [2.45, 2.75) is 576 Å². The quantitative estimate of drug-likeness (QED) is 0.229. The molecule has 0 nitrogen and oxygen atoms in total. The van der Waals surface area contributed by atoms with E-state index in [2.05, 4.69) is 181 Å². The minimum atomic E-state index is -0.556. The van der Waals surface area contributed by atoms with Crippen molar-refractivity contribution in [3.8, 4) is 0 Å². The SMILES string of the molecule is C1CCC2CCCC2C1.C1CCCC1.C1CCCC1.C1CCCC1.C1CCCC1.CC(C)(Cl)Cl.CC(C)(Cl)Cl.CC(C)(Cl)Cl.CC(C)(Cl)Cl.CC(C)(Cl)Cl.CC(C)(Cl)Cl.CC1C(C)C(C)C(C)C1C.CC1C(C)C(C)C(C)C1C.CC1CC2CCCC(c3ccccc3)C2C1.CC1CC2CCCCC2C1.CC1CC2CCCCC2C1.c1ccc(C2CC3CCCCC3C2)cc1.c1ccc(C2CCC3CCCCC32)cc1. The number of rotatable bonds is 3. The van der Waals surface area contributed by atoms with Gasteiger partial charge in [-0.1, -0.05) is 464 Å². The lowest BCUT2D eigenvalue weighted by atomic mass is 9.71. The second-order valence-corrected chi connectivity index (χ2v) is 65.3. The summed E-state index contributed by atoms with van der Waals surface area (Å²) in [6.45, 7) is 51.9. The van der Waals surface area contributed by atoms with Crippen molar-refractivity contribution < 1.29 is 0 Å². The van der Waals surface area contributed by atoms with Gasteiger partial charge >= 0.3 is 0 Å². The molecule has 0 amide bonds. The van der Waals surface area contributed by atoms with E-state index in [0.29, 0.717) is 0 Å². The molecule has 18 aliphatic carbocycles. The highest BCUT2D eigenvalue weighted by Gasteiger charge is 2.44. The van der Waals surface area contributed by atoms with Gasteiger partial charge in [0.15, 0.2) is 0 Å². The molecule has 18 fully saturated rings. The molecular weight excluding hydrogens is 2020 g/mol. The molecule has 0 radical (unpaired) electrons. The van der Waals surface area contributed by atoms with E-state index >= 15 is 0 Å². The van der Waals surface area contributed by atoms with Gasteiger partial charge < -0.3 is 0 Å². The summed E-state index contributed by atoms with van der Waals surface area (Å²) in [7, 11) is 0. The minimum Gasteiger partial charge on any atom is -0.102 e. The topological polar surface area (TPSA) is 0 Å². The number of benzene rings is 3. The average Bonchev–Trinajstić information content (AvgIpc) is 1.68. The Morgan fingerprint density at radius 3 is 0.593 bits per heavy atom. The Morgan fingerprint density at radius 1 is 0.159 bits per heavy atom. The van der Waals surface area contributed by atoms with Crippen molar-refractivity contribution in [3.05, 3.63) is 108 Å². The first-order valence-electron chi connectivity index (χ1n) is 61.4. The van der Waals surface area contributed by atoms with Crippen molar-refractivity contribution in [2.75, 3.05) is 0 Å². The van der Waals surface area contributed by atoms with Gasteiger partial charge in [-0.15, -0.1) is 139 Å². The fourth-order valence-corrected chi connectivity index (χ4v) is 28.9. The molecule has 846 valence electrons. The molecule has 0 bridgehead atoms. The zero-order valence-corrected chi connectivity index (χ0v) is 108. The van der Waals surface area contributed by atoms with Gasteiger partial charge in [0.25, 0.3) is 0 Å². The molecule has 18 saturated carbocycles. The van der Waals surface area contributed by atoms with Gasteiger partial charge in [-0.25, -0.2) is 0 Å². The van der Waals surface area contributed by atoms with Gasteiger partial charge in [-0.3, -0.25) is 0 Å². The third-order valence-corrected chi connectivity index (χ3v) is 37.4. The van der Waals surface area contributed by atoms with E-state index < -0.39 is 26.0 Å². The molecule has 0 aliphatic heterocycles. The first-order chi connectivity index (χ1) is 68.0. The molecule has 15 unspecified atom stereocenters. The monoisotopic (exact) mass is 2250 g/mol. The Labute approximate surface area is 962 Å².